The average molecular weight is 497 g/mol. The fourth-order valence-electron chi connectivity index (χ4n) is 4.29. The molecule has 2 aromatic rings. The summed E-state index contributed by atoms with van der Waals surface area (Å²) in [5, 5.41) is 15.3. The zero-order chi connectivity index (χ0) is 25.8. The minimum absolute atomic E-state index is 0.0146. The second-order valence-electron chi connectivity index (χ2n) is 9.54. The number of aliphatic hydroxyl groups excluding tert-OH is 1. The molecule has 1 fully saturated rings. The predicted molar refractivity (Wildman–Crippen MR) is 135 cm³/mol. The van der Waals surface area contributed by atoms with Gasteiger partial charge in [0, 0.05) is 0 Å². The molecule has 0 saturated heterocycles. The number of alkyl carbamates (subject to hydrolysis) is 1. The van der Waals surface area contributed by atoms with Gasteiger partial charge in [-0.15, -0.1) is 0 Å². The third kappa shape index (κ3) is 8.37. The summed E-state index contributed by atoms with van der Waals surface area (Å²) in [6.07, 6.45) is 4.98. The first-order chi connectivity index (χ1) is 17.4. The van der Waals surface area contributed by atoms with Crippen LogP contribution in [0.3, 0.4) is 0 Å². The number of hydrogen-bond acceptors (Lipinski definition) is 6. The molecule has 0 bridgehead atoms. The molecule has 1 unspecified atom stereocenters. The van der Waals surface area contributed by atoms with Gasteiger partial charge in [-0.25, -0.2) is 9.59 Å². The van der Waals surface area contributed by atoms with Crippen molar-refractivity contribution < 1.29 is 29.0 Å². The molecule has 3 rings (SSSR count). The maximum atomic E-state index is 13.3. The summed E-state index contributed by atoms with van der Waals surface area (Å²) in [5.41, 5.74) is -0.0443. The van der Waals surface area contributed by atoms with E-state index in [1.165, 1.54) is 6.92 Å². The van der Waals surface area contributed by atoms with E-state index in [4.69, 9.17) is 9.47 Å². The van der Waals surface area contributed by atoms with E-state index in [1.807, 2.05) is 60.7 Å². The van der Waals surface area contributed by atoms with E-state index in [0.717, 1.165) is 43.2 Å². The smallest absolute Gasteiger partial charge is 0.408 e. The van der Waals surface area contributed by atoms with E-state index in [-0.39, 0.29) is 19.1 Å². The monoisotopic (exact) mass is 496 g/mol. The standard InChI is InChI=1S/C28H36N2O6/c1-28(20-31,26(33)35-18-22-13-7-3-8-14-22)30-25(32)24(17-21-11-5-2-6-12-21)29-27(34)36-19-23-15-9-4-10-16-23/h3-4,7-10,13-16,21,24,31H,2,5-6,11-12,17-20H2,1H3,(H,29,34)(H,30,32)/t24-,28?/m1/s1. The number of benzene rings is 2. The Morgan fingerprint density at radius 3 is 2.03 bits per heavy atom. The van der Waals surface area contributed by atoms with E-state index in [9.17, 15) is 19.5 Å². The molecule has 1 aliphatic rings. The molecule has 3 N–H and O–H groups in total. The summed E-state index contributed by atoms with van der Waals surface area (Å²) in [7, 11) is 0. The van der Waals surface area contributed by atoms with Crippen LogP contribution in [0, 0.1) is 5.92 Å². The van der Waals surface area contributed by atoms with Gasteiger partial charge in [0.05, 0.1) is 6.61 Å². The fourth-order valence-corrected chi connectivity index (χ4v) is 4.29. The Morgan fingerprint density at radius 1 is 0.917 bits per heavy atom. The molecule has 194 valence electrons. The summed E-state index contributed by atoms with van der Waals surface area (Å²) in [6.45, 7) is 0.843. The van der Waals surface area contributed by atoms with Gasteiger partial charge in [-0.3, -0.25) is 4.79 Å². The highest BCUT2D eigenvalue weighted by Crippen LogP contribution is 2.27. The predicted octanol–water partition coefficient (Wildman–Crippen LogP) is 3.86. The lowest BCUT2D eigenvalue weighted by Gasteiger charge is -2.31. The topological polar surface area (TPSA) is 114 Å². The van der Waals surface area contributed by atoms with Crippen molar-refractivity contribution in [3.05, 3.63) is 71.8 Å². The van der Waals surface area contributed by atoms with Crippen molar-refractivity contribution >= 4 is 18.0 Å². The molecule has 1 aliphatic carbocycles. The van der Waals surface area contributed by atoms with Crippen molar-refractivity contribution in [3.8, 4) is 0 Å². The van der Waals surface area contributed by atoms with Crippen molar-refractivity contribution in [2.24, 2.45) is 5.92 Å². The average Bonchev–Trinajstić information content (AvgIpc) is 2.91. The molecule has 8 nitrogen and oxygen atoms in total. The van der Waals surface area contributed by atoms with Crippen LogP contribution in [0.1, 0.15) is 56.6 Å². The summed E-state index contributed by atoms with van der Waals surface area (Å²) in [6, 6.07) is 17.5. The van der Waals surface area contributed by atoms with Crippen LogP contribution in [-0.4, -0.2) is 41.3 Å². The van der Waals surface area contributed by atoms with Crippen molar-refractivity contribution in [2.75, 3.05) is 6.61 Å². The number of carbonyl (C=O) groups is 3. The van der Waals surface area contributed by atoms with Crippen molar-refractivity contribution in [1.29, 1.82) is 0 Å². The zero-order valence-electron chi connectivity index (χ0n) is 20.8. The van der Waals surface area contributed by atoms with Crippen molar-refractivity contribution in [3.63, 3.8) is 0 Å². The van der Waals surface area contributed by atoms with Crippen LogP contribution in [0.2, 0.25) is 0 Å². The Bertz CT molecular complexity index is 978. The van der Waals surface area contributed by atoms with Gasteiger partial charge in [-0.05, 0) is 30.4 Å². The molecule has 8 heteroatoms. The Hall–Kier alpha value is -3.39. The van der Waals surface area contributed by atoms with Gasteiger partial charge in [-0.1, -0.05) is 92.8 Å². The van der Waals surface area contributed by atoms with Gasteiger partial charge in [0.1, 0.15) is 19.3 Å². The number of nitrogens with one attached hydrogen (secondary N) is 2. The van der Waals surface area contributed by atoms with E-state index in [1.54, 1.807) is 0 Å². The first-order valence-corrected chi connectivity index (χ1v) is 12.5. The van der Waals surface area contributed by atoms with Crippen LogP contribution in [0.5, 0.6) is 0 Å². The third-order valence-corrected chi connectivity index (χ3v) is 6.49. The van der Waals surface area contributed by atoms with E-state index in [0.29, 0.717) is 6.42 Å². The molecule has 0 heterocycles. The molecule has 36 heavy (non-hydrogen) atoms. The molecule has 1 saturated carbocycles. The van der Waals surface area contributed by atoms with Crippen LogP contribution in [0.15, 0.2) is 60.7 Å². The molecule has 0 aromatic heterocycles. The minimum atomic E-state index is -1.66. The summed E-state index contributed by atoms with van der Waals surface area (Å²) in [4.78, 5) is 38.6. The van der Waals surface area contributed by atoms with E-state index in [2.05, 4.69) is 10.6 Å². The maximum Gasteiger partial charge on any atom is 0.408 e. The highest BCUT2D eigenvalue weighted by molar-refractivity contribution is 5.91. The minimum Gasteiger partial charge on any atom is -0.459 e. The van der Waals surface area contributed by atoms with Gasteiger partial charge in [-0.2, -0.15) is 0 Å². The quantitative estimate of drug-likeness (QED) is 0.407. The number of ether oxygens (including phenoxy) is 2. The van der Waals surface area contributed by atoms with Crippen molar-refractivity contribution in [1.82, 2.24) is 10.6 Å². The number of carbonyl (C=O) groups excluding carboxylic acids is 3. The van der Waals surface area contributed by atoms with E-state index >= 15 is 0 Å². The summed E-state index contributed by atoms with van der Waals surface area (Å²) < 4.78 is 10.7. The Kier molecular flexibility index (Phi) is 10.3. The molecule has 2 amide bonds. The first kappa shape index (κ1) is 27.2. The number of aliphatic hydroxyl groups is 1. The van der Waals surface area contributed by atoms with Crippen LogP contribution < -0.4 is 10.6 Å². The van der Waals surface area contributed by atoms with Gasteiger partial charge in [0.15, 0.2) is 5.54 Å². The molecular weight excluding hydrogens is 460 g/mol. The van der Waals surface area contributed by atoms with Gasteiger partial charge in [0.2, 0.25) is 5.91 Å². The molecule has 0 radical (unpaired) electrons. The first-order valence-electron chi connectivity index (χ1n) is 12.5. The molecular formula is C28H36N2O6. The van der Waals surface area contributed by atoms with E-state index < -0.39 is 36.2 Å². The van der Waals surface area contributed by atoms with Gasteiger partial charge >= 0.3 is 12.1 Å². The summed E-state index contributed by atoms with van der Waals surface area (Å²) >= 11 is 0. The molecule has 2 atom stereocenters. The van der Waals surface area contributed by atoms with Crippen LogP contribution in [0.25, 0.3) is 0 Å². The lowest BCUT2D eigenvalue weighted by Crippen LogP contribution is -2.60. The molecule has 2 aromatic carbocycles. The Morgan fingerprint density at radius 2 is 1.47 bits per heavy atom. The van der Waals surface area contributed by atoms with Crippen molar-refractivity contribution in [2.45, 2.75) is 70.2 Å². The molecule has 0 aliphatic heterocycles. The molecule has 0 spiro atoms. The number of hydrogen-bond donors (Lipinski definition) is 3. The zero-order valence-corrected chi connectivity index (χ0v) is 20.8. The maximum absolute atomic E-state index is 13.3. The van der Waals surface area contributed by atoms with Crippen LogP contribution in [-0.2, 0) is 32.3 Å². The van der Waals surface area contributed by atoms with Gasteiger partial charge in [0.25, 0.3) is 0 Å². The lowest BCUT2D eigenvalue weighted by molar-refractivity contribution is -0.156. The largest absolute Gasteiger partial charge is 0.459 e. The highest BCUT2D eigenvalue weighted by Gasteiger charge is 2.39. The number of esters is 1. The normalized spacial score (nSPS) is 16.3. The van der Waals surface area contributed by atoms with Gasteiger partial charge < -0.3 is 25.2 Å². The fraction of sp³-hybridized carbons (Fsp3) is 0.464. The second-order valence-corrected chi connectivity index (χ2v) is 9.54. The summed E-state index contributed by atoms with van der Waals surface area (Å²) in [5.74, 6) is -1.05. The number of amides is 2. The second kappa shape index (κ2) is 13.6. The SMILES string of the molecule is CC(CO)(NC(=O)[C@@H](CC1CCCCC1)NC(=O)OCc1ccccc1)C(=O)OCc1ccccc1. The Labute approximate surface area is 212 Å². The highest BCUT2D eigenvalue weighted by atomic mass is 16.5. The Balaban J connectivity index is 1.63. The number of rotatable bonds is 11. The third-order valence-electron chi connectivity index (χ3n) is 6.49. The lowest BCUT2D eigenvalue weighted by atomic mass is 9.84. The van der Waals surface area contributed by atoms with Crippen LogP contribution >= 0.6 is 0 Å². The van der Waals surface area contributed by atoms with Crippen LogP contribution in [0.4, 0.5) is 4.79 Å².